The molecule has 4 nitrogen and oxygen atoms in total. The summed E-state index contributed by atoms with van der Waals surface area (Å²) in [6.45, 7) is 1.18. The van der Waals surface area contributed by atoms with Gasteiger partial charge >= 0.3 is 5.97 Å². The van der Waals surface area contributed by atoms with Crippen LogP contribution in [0, 0.1) is 23.3 Å². The van der Waals surface area contributed by atoms with Crippen molar-refractivity contribution in [2.24, 2.45) is 0 Å². The molecule has 0 spiro atoms. The highest BCUT2D eigenvalue weighted by atomic mass is 19.1. The predicted molar refractivity (Wildman–Crippen MR) is 76.2 cm³/mol. The Morgan fingerprint density at radius 3 is 2.17 bits per heavy atom. The van der Waals surface area contributed by atoms with Crippen molar-refractivity contribution < 1.29 is 31.9 Å². The summed E-state index contributed by atoms with van der Waals surface area (Å²) in [5.74, 6) is -5.81. The van der Waals surface area contributed by atoms with Crippen LogP contribution in [0.4, 0.5) is 23.2 Å². The summed E-state index contributed by atoms with van der Waals surface area (Å²) in [4.78, 5) is 23.6. The van der Waals surface area contributed by atoms with Crippen LogP contribution in [0.2, 0.25) is 0 Å². The van der Waals surface area contributed by atoms with Gasteiger partial charge in [-0.3, -0.25) is 4.79 Å². The fourth-order valence-corrected chi connectivity index (χ4v) is 1.78. The van der Waals surface area contributed by atoms with Crippen LogP contribution in [0.1, 0.15) is 17.3 Å². The van der Waals surface area contributed by atoms with Gasteiger partial charge in [0.05, 0.1) is 11.3 Å². The summed E-state index contributed by atoms with van der Waals surface area (Å²) in [6.07, 6.45) is -1.38. The molecule has 2 rings (SSSR count). The largest absolute Gasteiger partial charge is 0.449 e. The molecule has 0 heterocycles. The van der Waals surface area contributed by atoms with E-state index in [4.69, 9.17) is 4.74 Å². The number of carbonyl (C=O) groups excluding carboxylic acids is 2. The molecule has 0 unspecified atom stereocenters. The van der Waals surface area contributed by atoms with E-state index < -0.39 is 46.8 Å². The second kappa shape index (κ2) is 7.12. The molecule has 8 heteroatoms. The number of esters is 1. The van der Waals surface area contributed by atoms with E-state index in [1.54, 1.807) is 0 Å². The molecule has 0 aliphatic carbocycles. The Labute approximate surface area is 134 Å². The molecule has 1 N–H and O–H groups in total. The van der Waals surface area contributed by atoms with Crippen molar-refractivity contribution in [1.29, 1.82) is 0 Å². The Morgan fingerprint density at radius 1 is 0.958 bits per heavy atom. The minimum absolute atomic E-state index is 0.305. The van der Waals surface area contributed by atoms with Crippen LogP contribution in [0.3, 0.4) is 0 Å². The number of amides is 1. The maximum absolute atomic E-state index is 13.4. The van der Waals surface area contributed by atoms with E-state index in [9.17, 15) is 27.2 Å². The van der Waals surface area contributed by atoms with Crippen molar-refractivity contribution in [2.75, 3.05) is 5.32 Å². The molecule has 0 saturated heterocycles. The first-order chi connectivity index (χ1) is 11.3. The van der Waals surface area contributed by atoms with Crippen molar-refractivity contribution in [3.8, 4) is 0 Å². The SMILES string of the molecule is C[C@H](OC(=O)c1cc(F)cc(F)c1)C(=O)Nc1ccc(F)cc1F. The number of hydrogen-bond acceptors (Lipinski definition) is 3. The molecule has 1 atom stereocenters. The Morgan fingerprint density at radius 2 is 1.58 bits per heavy atom. The molecule has 0 aromatic heterocycles. The van der Waals surface area contributed by atoms with Crippen molar-refractivity contribution in [1.82, 2.24) is 0 Å². The van der Waals surface area contributed by atoms with Crippen LogP contribution in [-0.4, -0.2) is 18.0 Å². The van der Waals surface area contributed by atoms with Crippen LogP contribution in [0.25, 0.3) is 0 Å². The summed E-state index contributed by atoms with van der Waals surface area (Å²) < 4.78 is 57.1. The van der Waals surface area contributed by atoms with E-state index in [2.05, 4.69) is 5.32 Å². The van der Waals surface area contributed by atoms with Gasteiger partial charge in [-0.2, -0.15) is 0 Å². The van der Waals surface area contributed by atoms with Crippen molar-refractivity contribution in [3.05, 3.63) is 65.2 Å². The highest BCUT2D eigenvalue weighted by Gasteiger charge is 2.21. The maximum Gasteiger partial charge on any atom is 0.339 e. The number of anilines is 1. The van der Waals surface area contributed by atoms with Crippen LogP contribution < -0.4 is 5.32 Å². The molecular weight excluding hydrogens is 330 g/mol. The molecule has 24 heavy (non-hydrogen) atoms. The van der Waals surface area contributed by atoms with Gasteiger partial charge in [-0.15, -0.1) is 0 Å². The second-order valence-electron chi connectivity index (χ2n) is 4.82. The minimum Gasteiger partial charge on any atom is -0.449 e. The quantitative estimate of drug-likeness (QED) is 0.685. The smallest absolute Gasteiger partial charge is 0.339 e. The summed E-state index contributed by atoms with van der Waals surface area (Å²) in [5, 5.41) is 2.11. The third-order valence-electron chi connectivity index (χ3n) is 2.94. The predicted octanol–water partition coefficient (Wildman–Crippen LogP) is 3.43. The molecule has 0 aliphatic heterocycles. The minimum atomic E-state index is -1.38. The average Bonchev–Trinajstić information content (AvgIpc) is 2.48. The normalized spacial score (nSPS) is 11.7. The fourth-order valence-electron chi connectivity index (χ4n) is 1.78. The highest BCUT2D eigenvalue weighted by molar-refractivity contribution is 5.97. The summed E-state index contributed by atoms with van der Waals surface area (Å²) >= 11 is 0. The lowest BCUT2D eigenvalue weighted by molar-refractivity contribution is -0.123. The lowest BCUT2D eigenvalue weighted by atomic mass is 10.2. The Balaban J connectivity index is 2.04. The molecule has 0 saturated carbocycles. The summed E-state index contributed by atoms with van der Waals surface area (Å²) in [7, 11) is 0. The molecule has 0 aliphatic rings. The Bertz CT molecular complexity index is 775. The van der Waals surface area contributed by atoms with Crippen molar-refractivity contribution in [2.45, 2.75) is 13.0 Å². The number of benzene rings is 2. The Kier molecular flexibility index (Phi) is 5.18. The van der Waals surface area contributed by atoms with Crippen LogP contribution in [-0.2, 0) is 9.53 Å². The van der Waals surface area contributed by atoms with E-state index >= 15 is 0 Å². The zero-order chi connectivity index (χ0) is 17.9. The van der Waals surface area contributed by atoms with Gasteiger partial charge in [-0.1, -0.05) is 0 Å². The van der Waals surface area contributed by atoms with E-state index in [0.717, 1.165) is 24.3 Å². The molecule has 0 bridgehead atoms. The van der Waals surface area contributed by atoms with Gasteiger partial charge in [0, 0.05) is 12.1 Å². The van der Waals surface area contributed by atoms with Gasteiger partial charge < -0.3 is 10.1 Å². The monoisotopic (exact) mass is 341 g/mol. The van der Waals surface area contributed by atoms with Crippen molar-refractivity contribution in [3.63, 3.8) is 0 Å². The van der Waals surface area contributed by atoms with E-state index in [-0.39, 0.29) is 5.69 Å². The first kappa shape index (κ1) is 17.5. The molecular formula is C16H11F4NO3. The number of halogens is 4. The van der Waals surface area contributed by atoms with Gasteiger partial charge in [-0.25, -0.2) is 22.4 Å². The zero-order valence-electron chi connectivity index (χ0n) is 12.3. The molecule has 1 amide bonds. The molecule has 2 aromatic carbocycles. The number of ether oxygens (including phenoxy) is 1. The summed E-state index contributed by atoms with van der Waals surface area (Å²) in [5.41, 5.74) is -0.721. The summed E-state index contributed by atoms with van der Waals surface area (Å²) in [6, 6.07) is 4.57. The molecule has 0 radical (unpaired) electrons. The van der Waals surface area contributed by atoms with Gasteiger partial charge in [0.2, 0.25) is 0 Å². The van der Waals surface area contributed by atoms with Gasteiger partial charge in [0.25, 0.3) is 5.91 Å². The third kappa shape index (κ3) is 4.31. The van der Waals surface area contributed by atoms with Crippen LogP contribution in [0.15, 0.2) is 36.4 Å². The standard InChI is InChI=1S/C16H11F4NO3/c1-8(15(22)21-14-3-2-10(17)7-13(14)20)24-16(23)9-4-11(18)6-12(19)5-9/h2-8H,1H3,(H,21,22)/t8-/m0/s1. The van der Waals surface area contributed by atoms with Crippen LogP contribution >= 0.6 is 0 Å². The van der Waals surface area contributed by atoms with E-state index in [0.29, 0.717) is 12.1 Å². The van der Waals surface area contributed by atoms with Gasteiger partial charge in [0.15, 0.2) is 6.10 Å². The van der Waals surface area contributed by atoms with Crippen molar-refractivity contribution >= 4 is 17.6 Å². The van der Waals surface area contributed by atoms with E-state index in [1.807, 2.05) is 0 Å². The lowest BCUT2D eigenvalue weighted by Crippen LogP contribution is -2.30. The number of rotatable bonds is 4. The molecule has 126 valence electrons. The topological polar surface area (TPSA) is 55.4 Å². The first-order valence-corrected chi connectivity index (χ1v) is 6.69. The van der Waals surface area contributed by atoms with Gasteiger partial charge in [0.1, 0.15) is 23.3 Å². The van der Waals surface area contributed by atoms with Gasteiger partial charge in [-0.05, 0) is 31.2 Å². The zero-order valence-corrected chi connectivity index (χ0v) is 12.3. The maximum atomic E-state index is 13.4. The number of carbonyl (C=O) groups is 2. The average molecular weight is 341 g/mol. The Hall–Kier alpha value is -2.90. The second-order valence-corrected chi connectivity index (χ2v) is 4.82. The van der Waals surface area contributed by atoms with E-state index in [1.165, 1.54) is 6.92 Å². The fraction of sp³-hybridized carbons (Fsp3) is 0.125. The third-order valence-corrected chi connectivity index (χ3v) is 2.94. The van der Waals surface area contributed by atoms with Crippen LogP contribution in [0.5, 0.6) is 0 Å². The highest BCUT2D eigenvalue weighted by Crippen LogP contribution is 2.16. The molecule has 0 fully saturated rings. The number of nitrogens with one attached hydrogen (secondary N) is 1. The molecule has 2 aromatic rings. The first-order valence-electron chi connectivity index (χ1n) is 6.69. The number of hydrogen-bond donors (Lipinski definition) is 1. The lowest BCUT2D eigenvalue weighted by Gasteiger charge is -2.14.